The van der Waals surface area contributed by atoms with Gasteiger partial charge in [-0.1, -0.05) is 12.1 Å². The van der Waals surface area contributed by atoms with E-state index in [1.165, 1.54) is 48.6 Å². The van der Waals surface area contributed by atoms with Crippen LogP contribution < -0.4 is 0 Å². The average molecular weight is 327 g/mol. The number of nitrogens with zero attached hydrogens (tertiary/aromatic N) is 1. The molecule has 1 aromatic heterocycles. The first-order chi connectivity index (χ1) is 11.5. The van der Waals surface area contributed by atoms with Gasteiger partial charge < -0.3 is 14.4 Å². The molecule has 2 aromatic rings. The Balaban J connectivity index is 1.98. The fourth-order valence-electron chi connectivity index (χ4n) is 2.67. The highest BCUT2D eigenvalue weighted by atomic mass is 19.1. The van der Waals surface area contributed by atoms with E-state index in [9.17, 15) is 19.1 Å². The predicted octanol–water partition coefficient (Wildman–Crippen LogP) is 3.03. The molecule has 0 saturated carbocycles. The van der Waals surface area contributed by atoms with Crippen molar-refractivity contribution in [2.75, 3.05) is 7.05 Å². The summed E-state index contributed by atoms with van der Waals surface area (Å²) in [4.78, 5) is 25.7. The lowest BCUT2D eigenvalue weighted by Gasteiger charge is -2.22. The van der Waals surface area contributed by atoms with Gasteiger partial charge >= 0.3 is 0 Å². The van der Waals surface area contributed by atoms with E-state index in [1.54, 1.807) is 18.2 Å². The Labute approximate surface area is 137 Å². The number of aliphatic hydroxyl groups excluding tert-OH is 1. The van der Waals surface area contributed by atoms with Gasteiger partial charge in [0.15, 0.2) is 11.5 Å². The van der Waals surface area contributed by atoms with Crippen molar-refractivity contribution >= 4 is 17.8 Å². The minimum atomic E-state index is -0.845. The number of likely N-dealkylation sites (N-methyl/N-ethyl adjacent to an activating group) is 1. The second kappa shape index (κ2) is 6.16. The van der Waals surface area contributed by atoms with Crippen molar-refractivity contribution < 1.29 is 23.5 Å². The zero-order valence-corrected chi connectivity index (χ0v) is 12.8. The molecule has 0 fully saturated rings. The summed E-state index contributed by atoms with van der Waals surface area (Å²) in [6.45, 7) is 0. The van der Waals surface area contributed by atoms with E-state index in [0.717, 1.165) is 0 Å². The standard InChI is InChI=1S/C18H14FNO4/c1-20-16(11-4-2-5-12(19)10-11)15(17(22)18(20)23)14(21)8-7-13-6-3-9-24-13/h2-10,16,22H,1H3/b8-7+. The maximum atomic E-state index is 13.5. The van der Waals surface area contributed by atoms with Gasteiger partial charge in [0.2, 0.25) is 0 Å². The molecule has 0 saturated heterocycles. The van der Waals surface area contributed by atoms with Gasteiger partial charge in [0, 0.05) is 7.05 Å². The summed E-state index contributed by atoms with van der Waals surface area (Å²) in [5.41, 5.74) is 0.320. The molecule has 5 nitrogen and oxygen atoms in total. The molecular formula is C18H14FNO4. The molecule has 24 heavy (non-hydrogen) atoms. The molecule has 0 spiro atoms. The zero-order chi connectivity index (χ0) is 17.3. The van der Waals surface area contributed by atoms with Gasteiger partial charge in [-0.15, -0.1) is 0 Å². The summed E-state index contributed by atoms with van der Waals surface area (Å²) < 4.78 is 18.6. The Morgan fingerprint density at radius 1 is 1.33 bits per heavy atom. The van der Waals surface area contributed by atoms with Gasteiger partial charge in [0.25, 0.3) is 5.91 Å². The van der Waals surface area contributed by atoms with Gasteiger partial charge in [0.05, 0.1) is 17.9 Å². The average Bonchev–Trinajstić information content (AvgIpc) is 3.15. The second-order valence-corrected chi connectivity index (χ2v) is 5.35. The van der Waals surface area contributed by atoms with Crippen molar-refractivity contribution in [3.8, 4) is 0 Å². The van der Waals surface area contributed by atoms with Gasteiger partial charge in [-0.25, -0.2) is 4.39 Å². The van der Waals surface area contributed by atoms with Crippen LogP contribution in [0.5, 0.6) is 0 Å². The van der Waals surface area contributed by atoms with Crippen LogP contribution in [-0.2, 0) is 9.59 Å². The summed E-state index contributed by atoms with van der Waals surface area (Å²) in [6.07, 6.45) is 4.11. The molecule has 1 aliphatic heterocycles. The fourth-order valence-corrected chi connectivity index (χ4v) is 2.67. The monoisotopic (exact) mass is 327 g/mol. The smallest absolute Gasteiger partial charge is 0.289 e. The van der Waals surface area contributed by atoms with Crippen molar-refractivity contribution in [2.45, 2.75) is 6.04 Å². The van der Waals surface area contributed by atoms with Crippen LogP contribution in [0.2, 0.25) is 0 Å². The first-order valence-electron chi connectivity index (χ1n) is 7.20. The van der Waals surface area contributed by atoms with Gasteiger partial charge in [-0.3, -0.25) is 9.59 Å². The van der Waals surface area contributed by atoms with Crippen LogP contribution >= 0.6 is 0 Å². The molecule has 2 heterocycles. The third-order valence-electron chi connectivity index (χ3n) is 3.81. The molecule has 0 aliphatic carbocycles. The van der Waals surface area contributed by atoms with E-state index in [2.05, 4.69) is 0 Å². The Bertz CT molecular complexity index is 852. The van der Waals surface area contributed by atoms with E-state index in [-0.39, 0.29) is 5.57 Å². The number of ketones is 1. The van der Waals surface area contributed by atoms with E-state index < -0.39 is 29.3 Å². The summed E-state index contributed by atoms with van der Waals surface area (Å²) >= 11 is 0. The predicted molar refractivity (Wildman–Crippen MR) is 84.3 cm³/mol. The van der Waals surface area contributed by atoms with E-state index in [4.69, 9.17) is 4.42 Å². The molecule has 1 unspecified atom stereocenters. The largest absolute Gasteiger partial charge is 0.503 e. The van der Waals surface area contributed by atoms with E-state index in [1.807, 2.05) is 0 Å². The van der Waals surface area contributed by atoms with Crippen LogP contribution in [-0.4, -0.2) is 28.7 Å². The van der Waals surface area contributed by atoms with Crippen LogP contribution in [0.4, 0.5) is 4.39 Å². The number of carbonyl (C=O) groups excluding carboxylic acids is 2. The lowest BCUT2D eigenvalue weighted by molar-refractivity contribution is -0.128. The minimum Gasteiger partial charge on any atom is -0.503 e. The Kier molecular flexibility index (Phi) is 4.04. The number of allylic oxidation sites excluding steroid dienone is 1. The molecule has 6 heteroatoms. The molecule has 1 aromatic carbocycles. The topological polar surface area (TPSA) is 70.8 Å². The number of carbonyl (C=O) groups is 2. The number of rotatable bonds is 4. The first kappa shape index (κ1) is 15.7. The minimum absolute atomic E-state index is 0.0871. The van der Waals surface area contributed by atoms with Crippen LogP contribution in [0.15, 0.2) is 64.5 Å². The Morgan fingerprint density at radius 2 is 2.12 bits per heavy atom. The van der Waals surface area contributed by atoms with Crippen LogP contribution in [0.25, 0.3) is 6.08 Å². The van der Waals surface area contributed by atoms with Crippen LogP contribution in [0.3, 0.4) is 0 Å². The number of amides is 1. The zero-order valence-electron chi connectivity index (χ0n) is 12.8. The van der Waals surface area contributed by atoms with Gasteiger partial charge in [-0.2, -0.15) is 0 Å². The molecule has 1 amide bonds. The van der Waals surface area contributed by atoms with Crippen molar-refractivity contribution in [3.05, 3.63) is 77.2 Å². The highest BCUT2D eigenvalue weighted by Crippen LogP contribution is 2.36. The molecule has 0 bridgehead atoms. The van der Waals surface area contributed by atoms with Gasteiger partial charge in [0.1, 0.15) is 11.6 Å². The van der Waals surface area contributed by atoms with Crippen molar-refractivity contribution in [1.29, 1.82) is 0 Å². The molecule has 0 radical (unpaired) electrons. The Hall–Kier alpha value is -3.15. The van der Waals surface area contributed by atoms with Crippen molar-refractivity contribution in [3.63, 3.8) is 0 Å². The summed E-state index contributed by atoms with van der Waals surface area (Å²) in [5.74, 6) is -1.88. The summed E-state index contributed by atoms with van der Waals surface area (Å²) in [6, 6.07) is 8.07. The first-order valence-corrected chi connectivity index (χ1v) is 7.20. The number of furan rings is 1. The highest BCUT2D eigenvalue weighted by molar-refractivity contribution is 6.14. The van der Waals surface area contributed by atoms with Crippen molar-refractivity contribution in [1.82, 2.24) is 4.90 Å². The summed E-state index contributed by atoms with van der Waals surface area (Å²) in [7, 11) is 1.45. The number of hydrogen-bond donors (Lipinski definition) is 1. The number of halogens is 1. The lowest BCUT2D eigenvalue weighted by atomic mass is 9.96. The third-order valence-corrected chi connectivity index (χ3v) is 3.81. The number of hydrogen-bond acceptors (Lipinski definition) is 4. The normalized spacial score (nSPS) is 18.0. The fraction of sp³-hybridized carbons (Fsp3) is 0.111. The lowest BCUT2D eigenvalue weighted by Crippen LogP contribution is -2.26. The number of aliphatic hydroxyl groups is 1. The van der Waals surface area contributed by atoms with Crippen molar-refractivity contribution in [2.24, 2.45) is 0 Å². The third kappa shape index (κ3) is 2.74. The molecule has 1 aliphatic rings. The molecule has 3 rings (SSSR count). The summed E-state index contributed by atoms with van der Waals surface area (Å²) in [5, 5.41) is 10.1. The van der Waals surface area contributed by atoms with Crippen LogP contribution in [0, 0.1) is 5.82 Å². The molecule has 122 valence electrons. The van der Waals surface area contributed by atoms with E-state index >= 15 is 0 Å². The maximum absolute atomic E-state index is 13.5. The number of benzene rings is 1. The van der Waals surface area contributed by atoms with Gasteiger partial charge in [-0.05, 0) is 42.0 Å². The highest BCUT2D eigenvalue weighted by Gasteiger charge is 2.40. The molecule has 1 N–H and O–H groups in total. The molecular weight excluding hydrogens is 313 g/mol. The molecule has 1 atom stereocenters. The van der Waals surface area contributed by atoms with E-state index in [0.29, 0.717) is 11.3 Å². The van der Waals surface area contributed by atoms with Crippen LogP contribution in [0.1, 0.15) is 17.4 Å². The second-order valence-electron chi connectivity index (χ2n) is 5.35. The SMILES string of the molecule is CN1C(=O)C(O)=C(C(=O)/C=C/c2ccco2)C1c1cccc(F)c1. The quantitative estimate of drug-likeness (QED) is 0.876. The maximum Gasteiger partial charge on any atom is 0.289 e. The Morgan fingerprint density at radius 3 is 2.79 bits per heavy atom.